The van der Waals surface area contributed by atoms with Crippen molar-refractivity contribution in [2.45, 2.75) is 69.2 Å². The van der Waals surface area contributed by atoms with Crippen molar-refractivity contribution in [2.24, 2.45) is 10.1 Å². The summed E-state index contributed by atoms with van der Waals surface area (Å²) in [4.78, 5) is 20.7. The van der Waals surface area contributed by atoms with Gasteiger partial charge in [0, 0.05) is 6.04 Å². The van der Waals surface area contributed by atoms with Crippen molar-refractivity contribution in [1.29, 1.82) is 0 Å². The maximum absolute atomic E-state index is 13.5. The summed E-state index contributed by atoms with van der Waals surface area (Å²) in [7, 11) is -3.77. The number of carbonyl (C=O) groups is 1. The second-order valence-corrected chi connectivity index (χ2v) is 12.5. The van der Waals surface area contributed by atoms with E-state index in [-0.39, 0.29) is 22.3 Å². The molecule has 2 aromatic rings. The zero-order valence-corrected chi connectivity index (χ0v) is 21.5. The standard InChI is InChI=1S/C26H31N3O3S2/c1-26(2,3)19-11-9-18(10-12-19)17-23-24(30)29(21-7-5-4-6-8-21)25(33-23)28-20-13-15-22(16-14-20)34(27,31)32/h9-17,21H,4-8H2,1-3H3,(H2,27,31,32). The predicted molar refractivity (Wildman–Crippen MR) is 139 cm³/mol. The number of hydrogen-bond acceptors (Lipinski definition) is 5. The molecule has 1 aliphatic carbocycles. The Bertz CT molecular complexity index is 1220. The first-order valence-electron chi connectivity index (χ1n) is 11.6. The van der Waals surface area contributed by atoms with E-state index < -0.39 is 10.0 Å². The molecule has 2 fully saturated rings. The molecule has 0 radical (unpaired) electrons. The molecule has 2 N–H and O–H groups in total. The number of carbonyl (C=O) groups excluding carboxylic acids is 1. The third-order valence-electron chi connectivity index (χ3n) is 6.24. The van der Waals surface area contributed by atoms with Gasteiger partial charge in [0.05, 0.1) is 15.5 Å². The fourth-order valence-corrected chi connectivity index (χ4v) is 5.85. The Morgan fingerprint density at radius 2 is 1.62 bits per heavy atom. The fourth-order valence-electron chi connectivity index (χ4n) is 4.28. The summed E-state index contributed by atoms with van der Waals surface area (Å²) in [6.45, 7) is 6.53. The van der Waals surface area contributed by atoms with Crippen LogP contribution in [0.15, 0.2) is 63.3 Å². The van der Waals surface area contributed by atoms with Gasteiger partial charge in [-0.1, -0.05) is 64.3 Å². The van der Waals surface area contributed by atoms with Gasteiger partial charge in [-0.25, -0.2) is 18.5 Å². The van der Waals surface area contributed by atoms with Crippen molar-refractivity contribution in [3.05, 3.63) is 64.6 Å². The molecule has 4 rings (SSSR count). The van der Waals surface area contributed by atoms with E-state index in [0.29, 0.717) is 15.8 Å². The number of sulfonamides is 1. The van der Waals surface area contributed by atoms with Crippen LogP contribution >= 0.6 is 11.8 Å². The van der Waals surface area contributed by atoms with E-state index >= 15 is 0 Å². The van der Waals surface area contributed by atoms with Crippen LogP contribution in [0.25, 0.3) is 6.08 Å². The first-order valence-corrected chi connectivity index (χ1v) is 13.9. The Morgan fingerprint density at radius 1 is 1.00 bits per heavy atom. The molecule has 2 aliphatic rings. The van der Waals surface area contributed by atoms with E-state index in [1.807, 2.05) is 23.1 Å². The molecule has 180 valence electrons. The quantitative estimate of drug-likeness (QED) is 0.559. The van der Waals surface area contributed by atoms with Crippen LogP contribution < -0.4 is 5.14 Å². The number of hydrogen-bond donors (Lipinski definition) is 1. The average molecular weight is 498 g/mol. The van der Waals surface area contributed by atoms with E-state index in [1.54, 1.807) is 12.1 Å². The van der Waals surface area contributed by atoms with Gasteiger partial charge in [-0.15, -0.1) is 0 Å². The normalized spacial score (nSPS) is 20.5. The Morgan fingerprint density at radius 3 is 2.18 bits per heavy atom. The zero-order valence-electron chi connectivity index (χ0n) is 19.8. The first kappa shape index (κ1) is 24.7. The minimum absolute atomic E-state index is 0.0169. The number of amides is 1. The van der Waals surface area contributed by atoms with Crippen molar-refractivity contribution < 1.29 is 13.2 Å². The lowest BCUT2D eigenvalue weighted by molar-refractivity contribution is -0.124. The highest BCUT2D eigenvalue weighted by Crippen LogP contribution is 2.38. The summed E-state index contributed by atoms with van der Waals surface area (Å²) in [5.74, 6) is -0.0169. The highest BCUT2D eigenvalue weighted by atomic mass is 32.2. The molecule has 1 saturated carbocycles. The van der Waals surface area contributed by atoms with Crippen LogP contribution in [0.4, 0.5) is 5.69 Å². The molecule has 1 saturated heterocycles. The number of benzene rings is 2. The van der Waals surface area contributed by atoms with Gasteiger partial charge in [-0.2, -0.15) is 0 Å². The maximum Gasteiger partial charge on any atom is 0.267 e. The Hall–Kier alpha value is -2.42. The summed E-state index contributed by atoms with van der Waals surface area (Å²) in [6.07, 6.45) is 7.25. The molecule has 1 heterocycles. The van der Waals surface area contributed by atoms with Gasteiger partial charge in [-0.05, 0) is 71.5 Å². The molecule has 0 atom stereocenters. The molecular formula is C26H31N3O3S2. The molecule has 2 aromatic carbocycles. The lowest BCUT2D eigenvalue weighted by Gasteiger charge is -2.30. The van der Waals surface area contributed by atoms with Crippen molar-refractivity contribution in [1.82, 2.24) is 4.90 Å². The maximum atomic E-state index is 13.5. The minimum Gasteiger partial charge on any atom is -0.283 e. The molecule has 34 heavy (non-hydrogen) atoms. The molecule has 6 nitrogen and oxygen atoms in total. The fraction of sp³-hybridized carbons (Fsp3) is 0.385. The summed E-state index contributed by atoms with van der Waals surface area (Å²) in [6, 6.07) is 14.6. The van der Waals surface area contributed by atoms with Crippen molar-refractivity contribution >= 4 is 44.6 Å². The van der Waals surface area contributed by atoms with Crippen LogP contribution in [0.1, 0.15) is 64.0 Å². The Labute approximate surface area is 206 Å². The number of rotatable bonds is 4. The van der Waals surface area contributed by atoms with E-state index in [1.165, 1.54) is 35.9 Å². The minimum atomic E-state index is -3.77. The van der Waals surface area contributed by atoms with Gasteiger partial charge in [0.2, 0.25) is 10.0 Å². The summed E-state index contributed by atoms with van der Waals surface area (Å²) >= 11 is 1.37. The third kappa shape index (κ3) is 5.62. The topological polar surface area (TPSA) is 92.8 Å². The number of thioether (sulfide) groups is 1. The highest BCUT2D eigenvalue weighted by Gasteiger charge is 2.38. The zero-order chi connectivity index (χ0) is 24.5. The lowest BCUT2D eigenvalue weighted by Crippen LogP contribution is -2.40. The SMILES string of the molecule is CC(C)(C)c1ccc(C=C2SC(=Nc3ccc(S(N)(=O)=O)cc3)N(C3CCCCC3)C2=O)cc1. The monoisotopic (exact) mass is 497 g/mol. The molecule has 8 heteroatoms. The second kappa shape index (κ2) is 9.68. The molecule has 0 spiro atoms. The molecule has 1 amide bonds. The molecule has 0 unspecified atom stereocenters. The summed E-state index contributed by atoms with van der Waals surface area (Å²) in [5.41, 5.74) is 2.87. The van der Waals surface area contributed by atoms with Crippen LogP contribution in [0.2, 0.25) is 0 Å². The van der Waals surface area contributed by atoms with Gasteiger partial charge >= 0.3 is 0 Å². The van der Waals surface area contributed by atoms with Crippen LogP contribution in [0.5, 0.6) is 0 Å². The first-order chi connectivity index (χ1) is 16.0. The predicted octanol–water partition coefficient (Wildman–Crippen LogP) is 5.57. The van der Waals surface area contributed by atoms with Crippen LogP contribution in [-0.4, -0.2) is 30.4 Å². The smallest absolute Gasteiger partial charge is 0.267 e. The van der Waals surface area contributed by atoms with E-state index in [0.717, 1.165) is 31.2 Å². The Balaban J connectivity index is 1.66. The van der Waals surface area contributed by atoms with Gasteiger partial charge in [-0.3, -0.25) is 9.69 Å². The van der Waals surface area contributed by atoms with Gasteiger partial charge in [0.1, 0.15) is 0 Å². The largest absolute Gasteiger partial charge is 0.283 e. The second-order valence-electron chi connectivity index (χ2n) is 9.88. The molecule has 0 aromatic heterocycles. The van der Waals surface area contributed by atoms with Crippen LogP contribution in [0.3, 0.4) is 0 Å². The van der Waals surface area contributed by atoms with Gasteiger partial charge in [0.25, 0.3) is 5.91 Å². The molecular weight excluding hydrogens is 466 g/mol. The van der Waals surface area contributed by atoms with Crippen molar-refractivity contribution in [3.63, 3.8) is 0 Å². The number of aliphatic imine (C=N–C) groups is 1. The molecule has 0 bridgehead atoms. The van der Waals surface area contributed by atoms with Crippen LogP contribution in [-0.2, 0) is 20.2 Å². The number of primary sulfonamides is 1. The lowest BCUT2D eigenvalue weighted by atomic mass is 9.87. The van der Waals surface area contributed by atoms with Crippen molar-refractivity contribution in [2.75, 3.05) is 0 Å². The Kier molecular flexibility index (Phi) is 7.03. The van der Waals surface area contributed by atoms with Crippen molar-refractivity contribution in [3.8, 4) is 0 Å². The number of nitrogens with two attached hydrogens (primary N) is 1. The highest BCUT2D eigenvalue weighted by molar-refractivity contribution is 8.18. The van der Waals surface area contributed by atoms with E-state index in [9.17, 15) is 13.2 Å². The average Bonchev–Trinajstić information content (AvgIpc) is 3.08. The van der Waals surface area contributed by atoms with E-state index in [4.69, 9.17) is 10.1 Å². The summed E-state index contributed by atoms with van der Waals surface area (Å²) in [5, 5.41) is 5.84. The third-order valence-corrected chi connectivity index (χ3v) is 8.15. The van der Waals surface area contributed by atoms with Crippen LogP contribution in [0, 0.1) is 0 Å². The number of amidine groups is 1. The van der Waals surface area contributed by atoms with Gasteiger partial charge < -0.3 is 0 Å². The van der Waals surface area contributed by atoms with E-state index in [2.05, 4.69) is 32.9 Å². The van der Waals surface area contributed by atoms with Gasteiger partial charge in [0.15, 0.2) is 5.17 Å². The summed E-state index contributed by atoms with van der Waals surface area (Å²) < 4.78 is 23.1. The molecule has 1 aliphatic heterocycles. The number of nitrogens with zero attached hydrogens (tertiary/aromatic N) is 2.